The number of aryl methyl sites for hydroxylation is 1. The lowest BCUT2D eigenvalue weighted by atomic mass is 10.0. The van der Waals surface area contributed by atoms with E-state index < -0.39 is 0 Å². The van der Waals surface area contributed by atoms with Gasteiger partial charge < -0.3 is 19.9 Å². The van der Waals surface area contributed by atoms with E-state index in [9.17, 15) is 0 Å². The molecule has 0 radical (unpaired) electrons. The number of hydrogen-bond donors (Lipinski definition) is 1. The fourth-order valence-corrected chi connectivity index (χ4v) is 2.37. The van der Waals surface area contributed by atoms with E-state index in [0.29, 0.717) is 19.8 Å². The predicted octanol–water partition coefficient (Wildman–Crippen LogP) is 1.93. The number of fused-ring (bicyclic) bond motifs is 1. The molecular formula is C16H25NO3. The minimum atomic E-state index is 0.196. The van der Waals surface area contributed by atoms with Gasteiger partial charge in [-0.25, -0.2) is 0 Å². The lowest BCUT2D eigenvalue weighted by Crippen LogP contribution is -2.23. The van der Waals surface area contributed by atoms with Gasteiger partial charge in [-0.2, -0.15) is 0 Å². The zero-order valence-corrected chi connectivity index (χ0v) is 12.3. The van der Waals surface area contributed by atoms with E-state index in [1.54, 1.807) is 7.11 Å². The average molecular weight is 279 g/mol. The molecule has 2 rings (SSSR count). The largest absolute Gasteiger partial charge is 0.493 e. The lowest BCUT2D eigenvalue weighted by molar-refractivity contribution is 0.0669. The first kappa shape index (κ1) is 15.3. The quantitative estimate of drug-likeness (QED) is 0.702. The molecule has 0 amide bonds. The van der Waals surface area contributed by atoms with Crippen molar-refractivity contribution in [3.05, 3.63) is 29.3 Å². The highest BCUT2D eigenvalue weighted by Gasteiger charge is 2.12. The van der Waals surface area contributed by atoms with Crippen LogP contribution < -0.4 is 10.5 Å². The predicted molar refractivity (Wildman–Crippen MR) is 79.2 cm³/mol. The molecular weight excluding hydrogens is 254 g/mol. The molecule has 112 valence electrons. The molecule has 2 N–H and O–H groups in total. The maximum Gasteiger partial charge on any atom is 0.122 e. The minimum absolute atomic E-state index is 0.196. The first-order valence-electron chi connectivity index (χ1n) is 7.36. The van der Waals surface area contributed by atoms with Gasteiger partial charge >= 0.3 is 0 Å². The molecule has 1 unspecified atom stereocenters. The molecule has 4 heteroatoms. The molecule has 1 heterocycles. The van der Waals surface area contributed by atoms with Crippen molar-refractivity contribution >= 4 is 0 Å². The topological polar surface area (TPSA) is 53.7 Å². The van der Waals surface area contributed by atoms with Gasteiger partial charge in [-0.3, -0.25) is 0 Å². The van der Waals surface area contributed by atoms with Crippen LogP contribution in [0.5, 0.6) is 5.75 Å². The second kappa shape index (κ2) is 8.25. The van der Waals surface area contributed by atoms with Crippen molar-refractivity contribution < 1.29 is 14.2 Å². The summed E-state index contributed by atoms with van der Waals surface area (Å²) >= 11 is 0. The summed E-state index contributed by atoms with van der Waals surface area (Å²) in [6.07, 6.45) is 3.94. The van der Waals surface area contributed by atoms with Crippen molar-refractivity contribution in [1.29, 1.82) is 0 Å². The summed E-state index contributed by atoms with van der Waals surface area (Å²) in [6, 6.07) is 6.68. The van der Waals surface area contributed by atoms with Crippen molar-refractivity contribution in [2.45, 2.75) is 31.7 Å². The van der Waals surface area contributed by atoms with Crippen molar-refractivity contribution in [3.63, 3.8) is 0 Å². The summed E-state index contributed by atoms with van der Waals surface area (Å²) in [5.41, 5.74) is 8.80. The molecule has 1 atom stereocenters. The van der Waals surface area contributed by atoms with Crippen LogP contribution in [-0.4, -0.2) is 39.6 Å². The Morgan fingerprint density at radius 1 is 1.25 bits per heavy atom. The molecule has 0 spiro atoms. The van der Waals surface area contributed by atoms with Crippen LogP contribution in [0, 0.1) is 0 Å². The van der Waals surface area contributed by atoms with Crippen LogP contribution in [0.25, 0.3) is 0 Å². The van der Waals surface area contributed by atoms with Gasteiger partial charge in [-0.1, -0.05) is 12.1 Å². The van der Waals surface area contributed by atoms with Gasteiger partial charge in [-0.15, -0.1) is 0 Å². The third-order valence-corrected chi connectivity index (χ3v) is 3.62. The Kier molecular flexibility index (Phi) is 6.30. The fraction of sp³-hybridized carbons (Fsp3) is 0.625. The summed E-state index contributed by atoms with van der Waals surface area (Å²) in [6.45, 7) is 2.82. The summed E-state index contributed by atoms with van der Waals surface area (Å²) in [5.74, 6) is 1.05. The zero-order valence-electron chi connectivity index (χ0n) is 12.3. The van der Waals surface area contributed by atoms with E-state index in [1.807, 2.05) is 0 Å². The lowest BCUT2D eigenvalue weighted by Gasteiger charge is -2.12. The third-order valence-electron chi connectivity index (χ3n) is 3.62. The number of nitrogens with two attached hydrogens (primary N) is 1. The Balaban J connectivity index is 1.64. The number of hydrogen-bond acceptors (Lipinski definition) is 4. The molecule has 1 aromatic rings. The zero-order chi connectivity index (χ0) is 14.2. The molecule has 1 aromatic carbocycles. The van der Waals surface area contributed by atoms with Crippen LogP contribution in [0.2, 0.25) is 0 Å². The van der Waals surface area contributed by atoms with Crippen LogP contribution in [-0.2, 0) is 22.3 Å². The monoisotopic (exact) mass is 279 g/mol. The summed E-state index contributed by atoms with van der Waals surface area (Å²) in [4.78, 5) is 0. The van der Waals surface area contributed by atoms with Gasteiger partial charge in [0.2, 0.25) is 0 Å². The van der Waals surface area contributed by atoms with Crippen LogP contribution in [0.1, 0.15) is 24.0 Å². The molecule has 0 aliphatic carbocycles. The van der Waals surface area contributed by atoms with Crippen molar-refractivity contribution in [3.8, 4) is 5.75 Å². The molecule has 0 saturated heterocycles. The summed E-state index contributed by atoms with van der Waals surface area (Å²) in [5, 5.41) is 0. The average Bonchev–Trinajstić information content (AvgIpc) is 2.92. The first-order valence-corrected chi connectivity index (χ1v) is 7.36. The number of benzene rings is 1. The van der Waals surface area contributed by atoms with Gasteiger partial charge in [0.05, 0.1) is 19.8 Å². The molecule has 0 saturated carbocycles. The number of rotatable bonds is 9. The van der Waals surface area contributed by atoms with E-state index in [-0.39, 0.29) is 6.04 Å². The van der Waals surface area contributed by atoms with Crippen LogP contribution in [0.4, 0.5) is 0 Å². The smallest absolute Gasteiger partial charge is 0.122 e. The molecule has 0 fully saturated rings. The van der Waals surface area contributed by atoms with Crippen molar-refractivity contribution in [1.82, 2.24) is 0 Å². The van der Waals surface area contributed by atoms with Gasteiger partial charge in [0.15, 0.2) is 0 Å². The van der Waals surface area contributed by atoms with Crippen molar-refractivity contribution in [2.75, 3.05) is 33.5 Å². The van der Waals surface area contributed by atoms with Gasteiger partial charge in [0.25, 0.3) is 0 Å². The van der Waals surface area contributed by atoms with Crippen LogP contribution in [0.3, 0.4) is 0 Å². The van der Waals surface area contributed by atoms with E-state index in [4.69, 9.17) is 19.9 Å². The molecule has 1 aliphatic rings. The SMILES string of the molecule is COCCOCCC(N)CCc1ccc2c(c1)CCO2. The van der Waals surface area contributed by atoms with Crippen LogP contribution in [0.15, 0.2) is 18.2 Å². The standard InChI is InChI=1S/C16H25NO3/c1-18-10-11-19-8-7-15(17)4-2-13-3-5-16-14(12-13)6-9-20-16/h3,5,12,15H,2,4,6-11,17H2,1H3. The molecule has 20 heavy (non-hydrogen) atoms. The van der Waals surface area contributed by atoms with Crippen LogP contribution >= 0.6 is 0 Å². The summed E-state index contributed by atoms with van der Waals surface area (Å²) in [7, 11) is 1.68. The van der Waals surface area contributed by atoms with Gasteiger partial charge in [0.1, 0.15) is 5.75 Å². The third kappa shape index (κ3) is 4.78. The first-order chi connectivity index (χ1) is 9.79. The highest BCUT2D eigenvalue weighted by atomic mass is 16.5. The van der Waals surface area contributed by atoms with Crippen molar-refractivity contribution in [2.24, 2.45) is 5.73 Å². The Bertz CT molecular complexity index is 409. The van der Waals surface area contributed by atoms with E-state index in [2.05, 4.69) is 18.2 Å². The minimum Gasteiger partial charge on any atom is -0.493 e. The number of methoxy groups -OCH3 is 1. The number of ether oxygens (including phenoxy) is 3. The highest BCUT2D eigenvalue weighted by molar-refractivity contribution is 5.39. The second-order valence-electron chi connectivity index (χ2n) is 5.23. The Morgan fingerprint density at radius 2 is 2.15 bits per heavy atom. The Hall–Kier alpha value is -1.10. The summed E-state index contributed by atoms with van der Waals surface area (Å²) < 4.78 is 15.9. The second-order valence-corrected chi connectivity index (χ2v) is 5.23. The Morgan fingerprint density at radius 3 is 3.00 bits per heavy atom. The van der Waals surface area contributed by atoms with E-state index in [1.165, 1.54) is 11.1 Å². The maximum absolute atomic E-state index is 6.11. The van der Waals surface area contributed by atoms with E-state index in [0.717, 1.165) is 38.0 Å². The normalized spacial score (nSPS) is 14.9. The molecule has 0 aromatic heterocycles. The Labute approximate surface area is 121 Å². The highest BCUT2D eigenvalue weighted by Crippen LogP contribution is 2.26. The molecule has 1 aliphatic heterocycles. The molecule has 4 nitrogen and oxygen atoms in total. The molecule has 0 bridgehead atoms. The van der Waals surface area contributed by atoms with Gasteiger partial charge in [-0.05, 0) is 36.5 Å². The fourth-order valence-electron chi connectivity index (χ4n) is 2.37. The van der Waals surface area contributed by atoms with E-state index >= 15 is 0 Å². The van der Waals surface area contributed by atoms with Gasteiger partial charge in [0, 0.05) is 26.2 Å². The maximum atomic E-state index is 6.11.